The van der Waals surface area contributed by atoms with E-state index in [1.165, 1.54) is 0 Å². The van der Waals surface area contributed by atoms with E-state index >= 15 is 0 Å². The van der Waals surface area contributed by atoms with Crippen molar-refractivity contribution in [3.05, 3.63) is 82.1 Å². The Morgan fingerprint density at radius 3 is 2.56 bits per heavy atom. The normalized spacial score (nSPS) is 11.6. The molecule has 1 N–H and O–H groups in total. The minimum Gasteiger partial charge on any atom is -0.212 e. The van der Waals surface area contributed by atoms with E-state index in [0.29, 0.717) is 0 Å². The van der Waals surface area contributed by atoms with Crippen LogP contribution in [0.25, 0.3) is 11.1 Å². The number of benzene rings is 2. The summed E-state index contributed by atoms with van der Waals surface area (Å²) in [6, 6.07) is 12.2. The molecule has 0 saturated heterocycles. The number of rotatable bonds is 6. The summed E-state index contributed by atoms with van der Waals surface area (Å²) in [5.41, 5.74) is 2.56. The molecule has 0 aliphatic heterocycles. The van der Waals surface area contributed by atoms with E-state index in [9.17, 15) is 17.2 Å². The summed E-state index contributed by atoms with van der Waals surface area (Å²) in [5.74, 6) is -2.03. The van der Waals surface area contributed by atoms with Crippen LogP contribution in [0.5, 0.6) is 0 Å². The largest absolute Gasteiger partial charge is 0.216 e. The molecule has 0 saturated carbocycles. The van der Waals surface area contributed by atoms with E-state index < -0.39 is 27.4 Å². The van der Waals surface area contributed by atoms with Crippen LogP contribution < -0.4 is 4.72 Å². The van der Waals surface area contributed by atoms with Crippen molar-refractivity contribution >= 4 is 21.4 Å². The highest BCUT2D eigenvalue weighted by atomic mass is 32.2. The molecule has 0 atom stereocenters. The van der Waals surface area contributed by atoms with Crippen molar-refractivity contribution in [1.29, 1.82) is 0 Å². The molecule has 130 valence electrons. The number of halogens is 2. The molecule has 25 heavy (non-hydrogen) atoms. The second-order valence-electron chi connectivity index (χ2n) is 5.49. The SMILES string of the molecule is O=S(=O)(Cc1cc(F)ccc1F)NCc1ccccc1-c1ccsc1. The smallest absolute Gasteiger partial charge is 0.212 e. The summed E-state index contributed by atoms with van der Waals surface area (Å²) < 4.78 is 53.8. The molecule has 2 aromatic carbocycles. The average Bonchev–Trinajstić information content (AvgIpc) is 3.11. The van der Waals surface area contributed by atoms with Crippen molar-refractivity contribution in [1.82, 2.24) is 4.72 Å². The molecule has 0 fully saturated rings. The maximum Gasteiger partial charge on any atom is 0.216 e. The molecule has 3 rings (SSSR count). The van der Waals surface area contributed by atoms with Gasteiger partial charge in [0.1, 0.15) is 11.6 Å². The minimum absolute atomic E-state index is 0.0747. The topological polar surface area (TPSA) is 46.2 Å². The van der Waals surface area contributed by atoms with Crippen LogP contribution >= 0.6 is 11.3 Å². The lowest BCUT2D eigenvalue weighted by Gasteiger charge is -2.11. The van der Waals surface area contributed by atoms with Gasteiger partial charge in [-0.1, -0.05) is 24.3 Å². The first-order valence-corrected chi connectivity index (χ1v) is 10.1. The Bertz CT molecular complexity index is 971. The second-order valence-corrected chi connectivity index (χ2v) is 8.07. The Morgan fingerprint density at radius 2 is 1.80 bits per heavy atom. The lowest BCUT2D eigenvalue weighted by atomic mass is 10.0. The van der Waals surface area contributed by atoms with Gasteiger partial charge in [-0.25, -0.2) is 21.9 Å². The number of hydrogen-bond acceptors (Lipinski definition) is 3. The Morgan fingerprint density at radius 1 is 1.00 bits per heavy atom. The van der Waals surface area contributed by atoms with Crippen LogP contribution in [-0.2, 0) is 22.3 Å². The summed E-state index contributed by atoms with van der Waals surface area (Å²) in [6.45, 7) is 0.0747. The summed E-state index contributed by atoms with van der Waals surface area (Å²) >= 11 is 1.56. The van der Waals surface area contributed by atoms with Crippen molar-refractivity contribution in [3.63, 3.8) is 0 Å². The van der Waals surface area contributed by atoms with Crippen LogP contribution in [0.2, 0.25) is 0 Å². The van der Waals surface area contributed by atoms with Gasteiger partial charge in [0.2, 0.25) is 10.0 Å². The minimum atomic E-state index is -3.81. The third-order valence-electron chi connectivity index (χ3n) is 3.69. The van der Waals surface area contributed by atoms with Gasteiger partial charge in [0.25, 0.3) is 0 Å². The number of sulfonamides is 1. The Balaban J connectivity index is 1.76. The molecule has 0 amide bonds. The predicted molar refractivity (Wildman–Crippen MR) is 95.6 cm³/mol. The van der Waals surface area contributed by atoms with Crippen LogP contribution in [-0.4, -0.2) is 8.42 Å². The van der Waals surface area contributed by atoms with Gasteiger partial charge >= 0.3 is 0 Å². The quantitative estimate of drug-likeness (QED) is 0.694. The molecule has 3 aromatic rings. The summed E-state index contributed by atoms with van der Waals surface area (Å²) in [5, 5.41) is 3.93. The van der Waals surface area contributed by atoms with Gasteiger partial charge in [0.05, 0.1) is 5.75 Å². The van der Waals surface area contributed by atoms with Gasteiger partial charge in [0, 0.05) is 12.1 Å². The Hall–Kier alpha value is -2.09. The van der Waals surface area contributed by atoms with Crippen molar-refractivity contribution in [2.75, 3.05) is 0 Å². The molecule has 0 unspecified atom stereocenters. The highest BCUT2D eigenvalue weighted by molar-refractivity contribution is 7.88. The molecule has 0 aliphatic rings. The van der Waals surface area contributed by atoms with Crippen LogP contribution in [0.15, 0.2) is 59.3 Å². The first-order chi connectivity index (χ1) is 11.9. The predicted octanol–water partition coefficient (Wildman–Crippen LogP) is 4.31. The first-order valence-electron chi connectivity index (χ1n) is 7.46. The Kier molecular flexibility index (Phi) is 5.27. The summed E-state index contributed by atoms with van der Waals surface area (Å²) in [7, 11) is -3.81. The number of thiophene rings is 1. The molecule has 7 heteroatoms. The van der Waals surface area contributed by atoms with E-state index in [1.54, 1.807) is 11.3 Å². The Labute approximate surface area is 149 Å². The molecule has 0 aliphatic carbocycles. The third-order valence-corrected chi connectivity index (χ3v) is 5.64. The molecular weight excluding hydrogens is 364 g/mol. The molecule has 1 heterocycles. The molecular formula is C18H15F2NO2S2. The number of hydrogen-bond donors (Lipinski definition) is 1. The van der Waals surface area contributed by atoms with Crippen LogP contribution in [0.1, 0.15) is 11.1 Å². The second kappa shape index (κ2) is 7.43. The van der Waals surface area contributed by atoms with Gasteiger partial charge in [-0.15, -0.1) is 0 Å². The maximum atomic E-state index is 13.7. The van der Waals surface area contributed by atoms with Crippen LogP contribution in [0.3, 0.4) is 0 Å². The third kappa shape index (κ3) is 4.50. The zero-order valence-corrected chi connectivity index (χ0v) is 14.7. The van der Waals surface area contributed by atoms with Crippen molar-refractivity contribution in [2.24, 2.45) is 0 Å². The fraction of sp³-hybridized carbons (Fsp3) is 0.111. The zero-order chi connectivity index (χ0) is 17.9. The van der Waals surface area contributed by atoms with Crippen LogP contribution in [0.4, 0.5) is 8.78 Å². The van der Waals surface area contributed by atoms with Crippen molar-refractivity contribution < 1.29 is 17.2 Å². The van der Waals surface area contributed by atoms with Crippen LogP contribution in [0, 0.1) is 11.6 Å². The van der Waals surface area contributed by atoms with E-state index in [0.717, 1.165) is 34.9 Å². The van der Waals surface area contributed by atoms with E-state index in [1.807, 2.05) is 41.1 Å². The highest BCUT2D eigenvalue weighted by Gasteiger charge is 2.16. The molecule has 0 bridgehead atoms. The van der Waals surface area contributed by atoms with Crippen molar-refractivity contribution in [2.45, 2.75) is 12.3 Å². The lowest BCUT2D eigenvalue weighted by molar-refractivity contribution is 0.570. The van der Waals surface area contributed by atoms with Gasteiger partial charge in [-0.05, 0) is 51.7 Å². The average molecular weight is 379 g/mol. The lowest BCUT2D eigenvalue weighted by Crippen LogP contribution is -2.25. The zero-order valence-electron chi connectivity index (χ0n) is 13.1. The van der Waals surface area contributed by atoms with E-state index in [-0.39, 0.29) is 12.1 Å². The van der Waals surface area contributed by atoms with Gasteiger partial charge in [0.15, 0.2) is 0 Å². The van der Waals surface area contributed by atoms with Gasteiger partial charge in [-0.3, -0.25) is 0 Å². The molecule has 1 aromatic heterocycles. The molecule has 0 radical (unpaired) electrons. The fourth-order valence-corrected chi connectivity index (χ4v) is 4.24. The molecule has 0 spiro atoms. The fourth-order valence-electron chi connectivity index (χ4n) is 2.47. The summed E-state index contributed by atoms with van der Waals surface area (Å²) in [6.07, 6.45) is 0. The first kappa shape index (κ1) is 17.7. The molecule has 3 nitrogen and oxygen atoms in total. The monoisotopic (exact) mass is 379 g/mol. The van der Waals surface area contributed by atoms with Crippen molar-refractivity contribution in [3.8, 4) is 11.1 Å². The summed E-state index contributed by atoms with van der Waals surface area (Å²) in [4.78, 5) is 0. The maximum absolute atomic E-state index is 13.7. The van der Waals surface area contributed by atoms with Gasteiger partial charge < -0.3 is 0 Å². The van der Waals surface area contributed by atoms with E-state index in [4.69, 9.17) is 0 Å². The highest BCUT2D eigenvalue weighted by Crippen LogP contribution is 2.26. The van der Waals surface area contributed by atoms with E-state index in [2.05, 4.69) is 4.72 Å². The standard InChI is InChI=1S/C18H15F2NO2S2/c19-16-5-6-18(20)15(9-16)12-25(22,23)21-10-13-3-1-2-4-17(13)14-7-8-24-11-14/h1-9,11,21H,10,12H2. The number of nitrogens with one attached hydrogen (secondary N) is 1. The van der Waals surface area contributed by atoms with Gasteiger partial charge in [-0.2, -0.15) is 11.3 Å².